The van der Waals surface area contributed by atoms with Crippen LogP contribution in [0.1, 0.15) is 15.9 Å². The molecule has 3 amide bonds. The van der Waals surface area contributed by atoms with E-state index in [0.29, 0.717) is 44.9 Å². The highest BCUT2D eigenvalue weighted by Gasteiger charge is 2.18. The van der Waals surface area contributed by atoms with Gasteiger partial charge in [-0.25, -0.2) is 4.98 Å². The predicted molar refractivity (Wildman–Crippen MR) is 172 cm³/mol. The molecule has 0 saturated heterocycles. The van der Waals surface area contributed by atoms with Crippen LogP contribution in [0.4, 0.5) is 11.5 Å². The minimum absolute atomic E-state index is 0.0442. The van der Waals surface area contributed by atoms with E-state index in [0.717, 1.165) is 4.90 Å². The van der Waals surface area contributed by atoms with Gasteiger partial charge < -0.3 is 30.2 Å². The van der Waals surface area contributed by atoms with Crippen molar-refractivity contribution in [2.24, 2.45) is 0 Å². The number of anilines is 2. The highest BCUT2D eigenvalue weighted by atomic mass is 35.5. The number of carbonyl (C=O) groups excluding carboxylic acids is 3. The molecule has 3 aromatic carbocycles. The average molecular weight is 633 g/mol. The van der Waals surface area contributed by atoms with Gasteiger partial charge in [0, 0.05) is 34.0 Å². The number of nitrogens with one attached hydrogen (secondary N) is 3. The predicted octanol–water partition coefficient (Wildman–Crippen LogP) is 5.90. The van der Waals surface area contributed by atoms with E-state index in [1.165, 1.54) is 45.4 Å². The smallest absolute Gasteiger partial charge is 0.272 e. The number of ether oxygens (including phenoxy) is 3. The number of methoxy groups -OCH3 is 3. The lowest BCUT2D eigenvalue weighted by Crippen LogP contribution is -2.30. The maximum atomic E-state index is 13.6. The number of hydrogen-bond donors (Lipinski definition) is 3. The van der Waals surface area contributed by atoms with Crippen LogP contribution in [0.15, 0.2) is 95.7 Å². The quantitative estimate of drug-likeness (QED) is 0.130. The molecule has 226 valence electrons. The number of carbonyl (C=O) groups is 3. The first kappa shape index (κ1) is 31.9. The number of nitrogens with zero attached hydrogens (tertiary/aromatic N) is 1. The molecule has 0 bridgehead atoms. The van der Waals surface area contributed by atoms with Gasteiger partial charge in [-0.15, -0.1) is 11.8 Å². The summed E-state index contributed by atoms with van der Waals surface area (Å²) < 4.78 is 16.3. The maximum absolute atomic E-state index is 13.6. The molecule has 0 aliphatic heterocycles. The first-order valence-electron chi connectivity index (χ1n) is 13.1. The third-order valence-electron chi connectivity index (χ3n) is 6.02. The number of hydrogen-bond acceptors (Lipinski definition) is 8. The Morgan fingerprint density at radius 3 is 2.25 bits per heavy atom. The van der Waals surface area contributed by atoms with Gasteiger partial charge in [0.1, 0.15) is 17.3 Å². The number of thioether (sulfide) groups is 1. The molecule has 0 aliphatic carbocycles. The van der Waals surface area contributed by atoms with Crippen LogP contribution in [-0.2, 0) is 9.59 Å². The molecule has 0 fully saturated rings. The molecule has 1 aromatic heterocycles. The third-order valence-corrected chi connectivity index (χ3v) is 7.24. The highest BCUT2D eigenvalue weighted by Crippen LogP contribution is 2.35. The Hall–Kier alpha value is -5.00. The Kier molecular flexibility index (Phi) is 11.2. The second-order valence-corrected chi connectivity index (χ2v) is 10.5. The van der Waals surface area contributed by atoms with Gasteiger partial charge in [0.15, 0.2) is 11.5 Å². The van der Waals surface area contributed by atoms with Gasteiger partial charge in [0.2, 0.25) is 5.91 Å². The molecule has 3 N–H and O–H groups in total. The average Bonchev–Trinajstić information content (AvgIpc) is 3.04. The minimum atomic E-state index is -0.583. The van der Waals surface area contributed by atoms with Gasteiger partial charge in [-0.1, -0.05) is 35.9 Å². The second kappa shape index (κ2) is 15.5. The topological polar surface area (TPSA) is 128 Å². The molecule has 0 atom stereocenters. The molecule has 10 nitrogen and oxygen atoms in total. The molecule has 0 radical (unpaired) electrons. The van der Waals surface area contributed by atoms with Crippen molar-refractivity contribution in [3.63, 3.8) is 0 Å². The standard InChI is InChI=1S/C32H29ClN4O6S/c1-41-26-17-28(43-3)27(42-2)15-21(26)14-25(36-31(39)20-8-5-4-6-9-20)32(40)35-23-10-7-11-24(16-23)44-19-30(38)37-29-13-12-22(33)18-34-29/h4-18H,19H2,1-3H3,(H,35,40)(H,36,39)(H,34,37,38)/b25-14+. The highest BCUT2D eigenvalue weighted by molar-refractivity contribution is 8.00. The van der Waals surface area contributed by atoms with Gasteiger partial charge in [0.25, 0.3) is 11.8 Å². The van der Waals surface area contributed by atoms with Crippen molar-refractivity contribution in [1.29, 1.82) is 0 Å². The Bertz CT molecular complexity index is 1670. The molecule has 44 heavy (non-hydrogen) atoms. The maximum Gasteiger partial charge on any atom is 0.272 e. The zero-order chi connectivity index (χ0) is 31.5. The summed E-state index contributed by atoms with van der Waals surface area (Å²) in [7, 11) is 4.48. The van der Waals surface area contributed by atoms with Crippen molar-refractivity contribution < 1.29 is 28.6 Å². The van der Waals surface area contributed by atoms with Crippen LogP contribution in [0, 0.1) is 0 Å². The number of aromatic nitrogens is 1. The van der Waals surface area contributed by atoms with Crippen molar-refractivity contribution in [2.75, 3.05) is 37.7 Å². The van der Waals surface area contributed by atoms with E-state index in [9.17, 15) is 14.4 Å². The summed E-state index contributed by atoms with van der Waals surface area (Å²) in [4.78, 5) is 43.9. The number of halogens is 1. The van der Waals surface area contributed by atoms with E-state index in [2.05, 4.69) is 20.9 Å². The fraction of sp³-hybridized carbons (Fsp3) is 0.125. The van der Waals surface area contributed by atoms with Gasteiger partial charge in [-0.3, -0.25) is 14.4 Å². The molecule has 0 spiro atoms. The summed E-state index contributed by atoms with van der Waals surface area (Å²) in [5.74, 6) is 0.437. The van der Waals surface area contributed by atoms with E-state index in [1.54, 1.807) is 72.8 Å². The van der Waals surface area contributed by atoms with Crippen LogP contribution in [0.2, 0.25) is 5.02 Å². The third kappa shape index (κ3) is 8.76. The SMILES string of the molecule is COc1cc(OC)c(OC)cc1/C=C(/NC(=O)c1ccccc1)C(=O)Nc1cccc(SCC(=O)Nc2ccc(Cl)cn2)c1. The van der Waals surface area contributed by atoms with E-state index in [-0.39, 0.29) is 17.4 Å². The summed E-state index contributed by atoms with van der Waals surface area (Å²) in [6.45, 7) is 0. The van der Waals surface area contributed by atoms with Crippen molar-refractivity contribution in [2.45, 2.75) is 4.90 Å². The van der Waals surface area contributed by atoms with E-state index in [1.807, 2.05) is 6.07 Å². The molecule has 12 heteroatoms. The summed E-state index contributed by atoms with van der Waals surface area (Å²) in [6.07, 6.45) is 2.94. The lowest BCUT2D eigenvalue weighted by Gasteiger charge is -2.15. The first-order valence-corrected chi connectivity index (χ1v) is 14.5. The number of benzene rings is 3. The molecule has 4 rings (SSSR count). The summed E-state index contributed by atoms with van der Waals surface area (Å²) in [6, 6.07) is 22.0. The van der Waals surface area contributed by atoms with Gasteiger partial charge >= 0.3 is 0 Å². The Morgan fingerprint density at radius 2 is 1.57 bits per heavy atom. The van der Waals surface area contributed by atoms with Crippen molar-refractivity contribution in [3.8, 4) is 17.2 Å². The van der Waals surface area contributed by atoms with E-state index in [4.69, 9.17) is 25.8 Å². The second-order valence-electron chi connectivity index (χ2n) is 9.01. The van der Waals surface area contributed by atoms with Crippen LogP contribution >= 0.6 is 23.4 Å². The van der Waals surface area contributed by atoms with Crippen molar-refractivity contribution in [3.05, 3.63) is 107 Å². The van der Waals surface area contributed by atoms with Gasteiger partial charge in [-0.2, -0.15) is 0 Å². The van der Waals surface area contributed by atoms with E-state index >= 15 is 0 Å². The molecule has 1 heterocycles. The molecule has 0 unspecified atom stereocenters. The molecule has 0 aliphatic rings. The first-order chi connectivity index (χ1) is 21.3. The lowest BCUT2D eigenvalue weighted by molar-refractivity contribution is -0.114. The normalized spacial score (nSPS) is 10.9. The molecule has 4 aromatic rings. The van der Waals surface area contributed by atoms with Crippen LogP contribution < -0.4 is 30.2 Å². The zero-order valence-corrected chi connectivity index (χ0v) is 25.6. The van der Waals surface area contributed by atoms with E-state index < -0.39 is 11.8 Å². The largest absolute Gasteiger partial charge is 0.496 e. The van der Waals surface area contributed by atoms with Crippen LogP contribution in [0.25, 0.3) is 6.08 Å². The van der Waals surface area contributed by atoms with Crippen LogP contribution in [0.3, 0.4) is 0 Å². The fourth-order valence-electron chi connectivity index (χ4n) is 3.90. The lowest BCUT2D eigenvalue weighted by atomic mass is 10.1. The molecular weight excluding hydrogens is 604 g/mol. The monoisotopic (exact) mass is 632 g/mol. The van der Waals surface area contributed by atoms with Crippen molar-refractivity contribution >= 4 is 58.7 Å². The Balaban J connectivity index is 1.55. The zero-order valence-electron chi connectivity index (χ0n) is 24.1. The summed E-state index contributed by atoms with van der Waals surface area (Å²) in [5.41, 5.74) is 1.25. The molecule has 0 saturated carbocycles. The Labute approximate surface area is 263 Å². The van der Waals surface area contributed by atoms with Crippen molar-refractivity contribution in [1.82, 2.24) is 10.3 Å². The fourth-order valence-corrected chi connectivity index (χ4v) is 4.77. The van der Waals surface area contributed by atoms with Crippen LogP contribution in [0.5, 0.6) is 17.2 Å². The molecular formula is C32H29ClN4O6S. The summed E-state index contributed by atoms with van der Waals surface area (Å²) in [5, 5.41) is 8.71. The van der Waals surface area contributed by atoms with Crippen LogP contribution in [-0.4, -0.2) is 49.8 Å². The number of amides is 3. The number of rotatable bonds is 12. The Morgan fingerprint density at radius 1 is 0.841 bits per heavy atom. The summed E-state index contributed by atoms with van der Waals surface area (Å²) >= 11 is 7.12. The van der Waals surface area contributed by atoms with Gasteiger partial charge in [0.05, 0.1) is 32.1 Å². The van der Waals surface area contributed by atoms with Gasteiger partial charge in [-0.05, 0) is 54.6 Å². The minimum Gasteiger partial charge on any atom is -0.496 e. The number of pyridine rings is 1.